The van der Waals surface area contributed by atoms with Crippen LogP contribution in [0, 0.1) is 5.92 Å². The van der Waals surface area contributed by atoms with E-state index in [1.54, 1.807) is 0 Å². The third-order valence-electron chi connectivity index (χ3n) is 3.37. The van der Waals surface area contributed by atoms with Crippen molar-refractivity contribution in [1.82, 2.24) is 10.2 Å². The highest BCUT2D eigenvalue weighted by atomic mass is 15.1. The summed E-state index contributed by atoms with van der Waals surface area (Å²) in [5, 5.41) is 3.44. The molecule has 1 unspecified atom stereocenters. The van der Waals surface area contributed by atoms with Crippen molar-refractivity contribution in [3.8, 4) is 0 Å². The van der Waals surface area contributed by atoms with Crippen LogP contribution in [0.1, 0.15) is 18.4 Å². The van der Waals surface area contributed by atoms with Crippen LogP contribution in [0.25, 0.3) is 0 Å². The second-order valence-electron chi connectivity index (χ2n) is 4.91. The fourth-order valence-corrected chi connectivity index (χ4v) is 2.27. The van der Waals surface area contributed by atoms with Crippen molar-refractivity contribution in [2.75, 3.05) is 20.6 Å². The smallest absolute Gasteiger partial charge is 0.0231 e. The second-order valence-corrected chi connectivity index (χ2v) is 4.91. The lowest BCUT2D eigenvalue weighted by Crippen LogP contribution is -2.38. The predicted octanol–water partition coefficient (Wildman–Crippen LogP) is 2.12. The largest absolute Gasteiger partial charge is 0.315 e. The summed E-state index contributed by atoms with van der Waals surface area (Å²) in [6.45, 7) is 2.20. The number of hydrogen-bond donors (Lipinski definition) is 1. The Morgan fingerprint density at radius 3 is 2.56 bits per heavy atom. The van der Waals surface area contributed by atoms with Crippen LogP contribution in [0.15, 0.2) is 30.3 Å². The molecule has 1 aliphatic rings. The highest BCUT2D eigenvalue weighted by molar-refractivity contribution is 5.14. The van der Waals surface area contributed by atoms with E-state index in [0.29, 0.717) is 6.04 Å². The van der Waals surface area contributed by atoms with Gasteiger partial charge in [-0.25, -0.2) is 0 Å². The molecule has 0 spiro atoms. The quantitative estimate of drug-likeness (QED) is 0.787. The molecule has 16 heavy (non-hydrogen) atoms. The maximum absolute atomic E-state index is 3.44. The van der Waals surface area contributed by atoms with Crippen molar-refractivity contribution in [2.45, 2.75) is 25.4 Å². The van der Waals surface area contributed by atoms with Gasteiger partial charge >= 0.3 is 0 Å². The summed E-state index contributed by atoms with van der Waals surface area (Å²) in [6, 6.07) is 11.4. The summed E-state index contributed by atoms with van der Waals surface area (Å²) >= 11 is 0. The third-order valence-corrected chi connectivity index (χ3v) is 3.37. The fraction of sp³-hybridized carbons (Fsp3) is 0.571. The molecule has 0 amide bonds. The van der Waals surface area contributed by atoms with Gasteiger partial charge in [0.2, 0.25) is 0 Å². The number of nitrogens with zero attached hydrogens (tertiary/aromatic N) is 1. The predicted molar refractivity (Wildman–Crippen MR) is 68.3 cm³/mol. The maximum atomic E-state index is 3.44. The molecule has 0 aromatic heterocycles. The Labute approximate surface area is 98.7 Å². The summed E-state index contributed by atoms with van der Waals surface area (Å²) in [4.78, 5) is 2.41. The minimum absolute atomic E-state index is 0.675. The summed E-state index contributed by atoms with van der Waals surface area (Å²) in [5.74, 6) is 0.920. The van der Waals surface area contributed by atoms with Crippen LogP contribution in [-0.4, -0.2) is 31.6 Å². The minimum Gasteiger partial charge on any atom is -0.315 e. The van der Waals surface area contributed by atoms with Gasteiger partial charge in [-0.3, -0.25) is 0 Å². The van der Waals surface area contributed by atoms with Gasteiger partial charge in [0.15, 0.2) is 0 Å². The number of benzene rings is 1. The molecule has 0 heterocycles. The summed E-state index contributed by atoms with van der Waals surface area (Å²) in [5.41, 5.74) is 1.40. The van der Waals surface area contributed by atoms with Crippen molar-refractivity contribution in [1.29, 1.82) is 0 Å². The van der Waals surface area contributed by atoms with Gasteiger partial charge in [0.05, 0.1) is 0 Å². The van der Waals surface area contributed by atoms with Gasteiger partial charge in [-0.05, 0) is 38.4 Å². The Balaban J connectivity index is 1.81. The molecule has 2 heteroatoms. The van der Waals surface area contributed by atoms with Gasteiger partial charge in [-0.2, -0.15) is 0 Å². The minimum atomic E-state index is 0.675. The Morgan fingerprint density at radius 1 is 1.31 bits per heavy atom. The number of nitrogens with one attached hydrogen (secondary N) is 1. The standard InChI is InChI=1S/C14H22N2/c1-15-14(13-8-9-13)11-16(2)10-12-6-4-3-5-7-12/h3-7,13-15H,8-11H2,1-2H3. The Hall–Kier alpha value is -0.860. The van der Waals surface area contributed by atoms with Crippen LogP contribution < -0.4 is 5.32 Å². The summed E-state index contributed by atoms with van der Waals surface area (Å²) in [6.07, 6.45) is 2.81. The monoisotopic (exact) mass is 218 g/mol. The fourth-order valence-electron chi connectivity index (χ4n) is 2.27. The molecule has 0 saturated heterocycles. The molecule has 0 bridgehead atoms. The van der Waals surface area contributed by atoms with E-state index >= 15 is 0 Å². The van der Waals surface area contributed by atoms with Crippen LogP contribution in [0.2, 0.25) is 0 Å². The average Bonchev–Trinajstić information content (AvgIpc) is 3.11. The third kappa shape index (κ3) is 3.32. The van der Waals surface area contributed by atoms with Gasteiger partial charge in [0.1, 0.15) is 0 Å². The molecule has 1 aromatic carbocycles. The van der Waals surface area contributed by atoms with Crippen molar-refractivity contribution < 1.29 is 0 Å². The van der Waals surface area contributed by atoms with Crippen molar-refractivity contribution >= 4 is 0 Å². The molecule has 1 saturated carbocycles. The molecule has 0 aliphatic heterocycles. The molecular formula is C14H22N2. The Kier molecular flexibility index (Phi) is 3.97. The van der Waals surface area contributed by atoms with Gasteiger partial charge in [-0.15, -0.1) is 0 Å². The van der Waals surface area contributed by atoms with E-state index in [4.69, 9.17) is 0 Å². The SMILES string of the molecule is CNC(CN(C)Cc1ccccc1)C1CC1. The summed E-state index contributed by atoms with van der Waals surface area (Å²) in [7, 11) is 4.29. The van der Waals surface area contributed by atoms with E-state index in [1.807, 2.05) is 0 Å². The first-order valence-corrected chi connectivity index (χ1v) is 6.19. The molecule has 1 aromatic rings. The Bertz CT molecular complexity index is 306. The first-order valence-electron chi connectivity index (χ1n) is 6.19. The zero-order valence-corrected chi connectivity index (χ0v) is 10.3. The zero-order chi connectivity index (χ0) is 11.4. The molecule has 1 N–H and O–H groups in total. The van der Waals surface area contributed by atoms with Gasteiger partial charge < -0.3 is 10.2 Å². The van der Waals surface area contributed by atoms with Gasteiger partial charge in [0.25, 0.3) is 0 Å². The maximum Gasteiger partial charge on any atom is 0.0231 e. The molecule has 1 atom stereocenters. The lowest BCUT2D eigenvalue weighted by molar-refractivity contribution is 0.274. The van der Waals surface area contributed by atoms with E-state index in [0.717, 1.165) is 19.0 Å². The molecule has 2 nitrogen and oxygen atoms in total. The molecule has 0 radical (unpaired) electrons. The van der Waals surface area contributed by atoms with Gasteiger partial charge in [0, 0.05) is 19.1 Å². The van der Waals surface area contributed by atoms with E-state index < -0.39 is 0 Å². The molecule has 1 fully saturated rings. The first kappa shape index (κ1) is 11.6. The number of rotatable bonds is 6. The number of hydrogen-bond acceptors (Lipinski definition) is 2. The molecule has 1 aliphatic carbocycles. The van der Waals surface area contributed by atoms with Crippen LogP contribution >= 0.6 is 0 Å². The average molecular weight is 218 g/mol. The highest BCUT2D eigenvalue weighted by Gasteiger charge is 2.30. The Morgan fingerprint density at radius 2 is 2.00 bits per heavy atom. The van der Waals surface area contributed by atoms with Crippen LogP contribution in [0.5, 0.6) is 0 Å². The van der Waals surface area contributed by atoms with E-state index in [9.17, 15) is 0 Å². The lowest BCUT2D eigenvalue weighted by Gasteiger charge is -2.23. The second kappa shape index (κ2) is 5.46. The lowest BCUT2D eigenvalue weighted by atomic mass is 10.1. The summed E-state index contributed by atoms with van der Waals surface area (Å²) < 4.78 is 0. The zero-order valence-electron chi connectivity index (χ0n) is 10.3. The molecular weight excluding hydrogens is 196 g/mol. The van der Waals surface area contributed by atoms with Crippen molar-refractivity contribution in [2.24, 2.45) is 5.92 Å². The normalized spacial score (nSPS) is 17.7. The van der Waals surface area contributed by atoms with Crippen molar-refractivity contribution in [3.63, 3.8) is 0 Å². The molecule has 2 rings (SSSR count). The van der Waals surface area contributed by atoms with Crippen molar-refractivity contribution in [3.05, 3.63) is 35.9 Å². The number of likely N-dealkylation sites (N-methyl/N-ethyl adjacent to an activating group) is 2. The topological polar surface area (TPSA) is 15.3 Å². The van der Waals surface area contributed by atoms with E-state index in [1.165, 1.54) is 18.4 Å². The van der Waals surface area contributed by atoms with Crippen LogP contribution in [-0.2, 0) is 6.54 Å². The van der Waals surface area contributed by atoms with Crippen LogP contribution in [0.3, 0.4) is 0 Å². The van der Waals surface area contributed by atoms with E-state index in [-0.39, 0.29) is 0 Å². The van der Waals surface area contributed by atoms with Crippen LogP contribution in [0.4, 0.5) is 0 Å². The molecule has 88 valence electrons. The first-order chi connectivity index (χ1) is 7.79. The highest BCUT2D eigenvalue weighted by Crippen LogP contribution is 2.32. The van der Waals surface area contributed by atoms with Gasteiger partial charge in [-0.1, -0.05) is 30.3 Å². The van der Waals surface area contributed by atoms with E-state index in [2.05, 4.69) is 54.6 Å².